The van der Waals surface area contributed by atoms with E-state index in [0.29, 0.717) is 9.58 Å². The topological polar surface area (TPSA) is 20.2 Å². The average molecular weight is 232 g/mol. The maximum atomic E-state index is 12.4. The minimum absolute atomic E-state index is 0.138. The number of benzene rings is 1. The molecule has 1 N–H and O–H groups in total. The summed E-state index contributed by atoms with van der Waals surface area (Å²) in [5.74, 6) is 0. The monoisotopic (exact) mass is 232 g/mol. The van der Waals surface area contributed by atoms with Crippen molar-refractivity contribution in [2.45, 2.75) is 12.8 Å². The van der Waals surface area contributed by atoms with Crippen LogP contribution in [0.4, 0.5) is 13.2 Å². The predicted octanol–water partition coefficient (Wildman–Crippen LogP) is 3.41. The Kier molecular flexibility index (Phi) is 2.44. The molecule has 0 bridgehead atoms. The van der Waals surface area contributed by atoms with Crippen molar-refractivity contribution < 1.29 is 18.3 Å². The fourth-order valence-electron chi connectivity index (χ4n) is 1.34. The first-order valence-corrected chi connectivity index (χ1v) is 5.03. The molecule has 0 spiro atoms. The molecule has 0 saturated carbocycles. The molecule has 0 amide bonds. The van der Waals surface area contributed by atoms with Crippen LogP contribution in [0.5, 0.6) is 0 Å². The maximum absolute atomic E-state index is 12.4. The summed E-state index contributed by atoms with van der Waals surface area (Å²) >= 11 is 1.18. The van der Waals surface area contributed by atoms with E-state index in [9.17, 15) is 13.2 Å². The summed E-state index contributed by atoms with van der Waals surface area (Å²) in [6.07, 6.45) is -4.31. The zero-order valence-electron chi connectivity index (χ0n) is 7.51. The quantitative estimate of drug-likeness (QED) is 0.798. The Morgan fingerprint density at radius 1 is 1.20 bits per heavy atom. The fraction of sp³-hybridized carbons (Fsp3) is 0.200. The van der Waals surface area contributed by atoms with E-state index >= 15 is 0 Å². The van der Waals surface area contributed by atoms with Crippen LogP contribution >= 0.6 is 11.3 Å². The van der Waals surface area contributed by atoms with Crippen LogP contribution in [-0.4, -0.2) is 5.11 Å². The minimum atomic E-state index is -4.31. The minimum Gasteiger partial charge on any atom is -0.391 e. The number of rotatable bonds is 1. The van der Waals surface area contributed by atoms with Gasteiger partial charge in [0.15, 0.2) is 0 Å². The van der Waals surface area contributed by atoms with E-state index in [-0.39, 0.29) is 6.61 Å². The number of aliphatic hydroxyl groups is 1. The number of hydrogen-bond acceptors (Lipinski definition) is 2. The average Bonchev–Trinajstić information content (AvgIpc) is 2.57. The van der Waals surface area contributed by atoms with Crippen molar-refractivity contribution in [1.29, 1.82) is 0 Å². The van der Waals surface area contributed by atoms with Crippen molar-refractivity contribution in [1.82, 2.24) is 0 Å². The van der Waals surface area contributed by atoms with Gasteiger partial charge < -0.3 is 5.11 Å². The first-order valence-electron chi connectivity index (χ1n) is 4.21. The van der Waals surface area contributed by atoms with Gasteiger partial charge >= 0.3 is 6.18 Å². The Bertz CT molecular complexity index is 487. The van der Waals surface area contributed by atoms with Gasteiger partial charge in [0, 0.05) is 9.58 Å². The smallest absolute Gasteiger partial charge is 0.391 e. The zero-order valence-corrected chi connectivity index (χ0v) is 8.32. The summed E-state index contributed by atoms with van der Waals surface area (Å²) < 4.78 is 37.6. The van der Waals surface area contributed by atoms with Crippen LogP contribution in [-0.2, 0) is 12.8 Å². The Morgan fingerprint density at radius 3 is 2.53 bits per heavy atom. The summed E-state index contributed by atoms with van der Waals surface area (Å²) in [7, 11) is 0. The van der Waals surface area contributed by atoms with Gasteiger partial charge in [-0.2, -0.15) is 13.2 Å². The van der Waals surface area contributed by atoms with E-state index in [1.54, 1.807) is 6.07 Å². The third-order valence-corrected chi connectivity index (χ3v) is 3.14. The molecule has 2 aromatic rings. The molecule has 0 atom stereocenters. The third kappa shape index (κ3) is 1.98. The molecule has 5 heteroatoms. The Morgan fingerprint density at radius 2 is 1.93 bits per heavy atom. The number of aliphatic hydroxyl groups excluding tert-OH is 1. The van der Waals surface area contributed by atoms with Crippen LogP contribution in [0.15, 0.2) is 24.3 Å². The molecular weight excluding hydrogens is 225 g/mol. The lowest BCUT2D eigenvalue weighted by Crippen LogP contribution is -2.03. The van der Waals surface area contributed by atoms with Crippen LogP contribution in [0.1, 0.15) is 10.4 Å². The summed E-state index contributed by atoms with van der Waals surface area (Å²) in [6, 6.07) is 5.28. The van der Waals surface area contributed by atoms with Crippen LogP contribution in [0.3, 0.4) is 0 Å². The van der Waals surface area contributed by atoms with Crippen LogP contribution in [0, 0.1) is 0 Å². The number of halogens is 3. The molecule has 0 aliphatic carbocycles. The molecule has 80 valence electrons. The molecular formula is C10H7F3OS. The van der Waals surface area contributed by atoms with Gasteiger partial charge in [0.05, 0.1) is 12.2 Å². The van der Waals surface area contributed by atoms with E-state index < -0.39 is 11.7 Å². The molecule has 0 aliphatic heterocycles. The summed E-state index contributed by atoms with van der Waals surface area (Å²) in [5.41, 5.74) is -0.652. The van der Waals surface area contributed by atoms with Crippen LogP contribution in [0.2, 0.25) is 0 Å². The molecule has 1 heterocycles. The van der Waals surface area contributed by atoms with Crippen molar-refractivity contribution in [2.75, 3.05) is 0 Å². The molecule has 1 aromatic heterocycles. The van der Waals surface area contributed by atoms with Crippen molar-refractivity contribution >= 4 is 21.4 Å². The van der Waals surface area contributed by atoms with Gasteiger partial charge in [-0.25, -0.2) is 0 Å². The maximum Gasteiger partial charge on any atom is 0.416 e. The van der Waals surface area contributed by atoms with Crippen molar-refractivity contribution in [3.8, 4) is 0 Å². The van der Waals surface area contributed by atoms with Gasteiger partial charge in [0.2, 0.25) is 0 Å². The highest BCUT2D eigenvalue weighted by atomic mass is 32.1. The number of fused-ring (bicyclic) bond motifs is 1. The van der Waals surface area contributed by atoms with Gasteiger partial charge in [-0.1, -0.05) is 6.07 Å². The van der Waals surface area contributed by atoms with Gasteiger partial charge in [-0.3, -0.25) is 0 Å². The molecule has 1 aromatic carbocycles. The fourth-order valence-corrected chi connectivity index (χ4v) is 2.30. The predicted molar refractivity (Wildman–Crippen MR) is 52.7 cm³/mol. The number of hydrogen-bond donors (Lipinski definition) is 1. The van der Waals surface area contributed by atoms with Crippen molar-refractivity contribution in [2.24, 2.45) is 0 Å². The Hall–Kier alpha value is -1.07. The number of thiophene rings is 1. The Labute approximate surface area is 87.8 Å². The van der Waals surface area contributed by atoms with E-state index in [0.717, 1.165) is 17.5 Å². The molecule has 0 unspecified atom stereocenters. The van der Waals surface area contributed by atoms with Crippen LogP contribution in [0.25, 0.3) is 10.1 Å². The SMILES string of the molecule is OCc1cc2ccc(C(F)(F)F)cc2s1. The number of alkyl halides is 3. The summed E-state index contributed by atoms with van der Waals surface area (Å²) in [5, 5.41) is 9.59. The van der Waals surface area contributed by atoms with Gasteiger partial charge in [0.25, 0.3) is 0 Å². The second-order valence-corrected chi connectivity index (χ2v) is 4.29. The molecule has 0 fully saturated rings. The lowest BCUT2D eigenvalue weighted by molar-refractivity contribution is -0.137. The second-order valence-electron chi connectivity index (χ2n) is 3.12. The normalized spacial score (nSPS) is 12.3. The highest BCUT2D eigenvalue weighted by Gasteiger charge is 2.30. The highest BCUT2D eigenvalue weighted by molar-refractivity contribution is 7.19. The molecule has 15 heavy (non-hydrogen) atoms. The summed E-state index contributed by atoms with van der Waals surface area (Å²) in [4.78, 5) is 0.671. The molecule has 0 saturated heterocycles. The standard InChI is InChI=1S/C10H7F3OS/c11-10(12,13)7-2-1-6-3-8(5-14)15-9(6)4-7/h1-4,14H,5H2. The van der Waals surface area contributed by atoms with Gasteiger partial charge in [-0.05, 0) is 23.6 Å². The van der Waals surface area contributed by atoms with Gasteiger partial charge in [0.1, 0.15) is 0 Å². The van der Waals surface area contributed by atoms with Crippen molar-refractivity contribution in [3.63, 3.8) is 0 Å². The summed E-state index contributed by atoms with van der Waals surface area (Å²) in [6.45, 7) is -0.138. The Balaban J connectivity index is 2.55. The lowest BCUT2D eigenvalue weighted by Gasteiger charge is -2.05. The van der Waals surface area contributed by atoms with E-state index in [2.05, 4.69) is 0 Å². The van der Waals surface area contributed by atoms with E-state index in [1.165, 1.54) is 17.4 Å². The first kappa shape index (κ1) is 10.4. The van der Waals surface area contributed by atoms with E-state index in [1.807, 2.05) is 0 Å². The first-order chi connectivity index (χ1) is 7.00. The molecule has 0 aliphatic rings. The molecule has 0 radical (unpaired) electrons. The van der Waals surface area contributed by atoms with Crippen LogP contribution < -0.4 is 0 Å². The second kappa shape index (κ2) is 3.50. The molecule has 2 rings (SSSR count). The largest absolute Gasteiger partial charge is 0.416 e. The van der Waals surface area contributed by atoms with Gasteiger partial charge in [-0.15, -0.1) is 11.3 Å². The highest BCUT2D eigenvalue weighted by Crippen LogP contribution is 2.34. The lowest BCUT2D eigenvalue weighted by atomic mass is 10.1. The van der Waals surface area contributed by atoms with E-state index in [4.69, 9.17) is 5.11 Å². The molecule has 1 nitrogen and oxygen atoms in total. The third-order valence-electron chi connectivity index (χ3n) is 2.05. The van der Waals surface area contributed by atoms with Crippen molar-refractivity contribution in [3.05, 3.63) is 34.7 Å². The zero-order chi connectivity index (χ0) is 11.1.